The number of aliphatic carboxylic acids is 1. The summed E-state index contributed by atoms with van der Waals surface area (Å²) in [6.07, 6.45) is 33.7. The van der Waals surface area contributed by atoms with Crippen molar-refractivity contribution in [2.24, 2.45) is 0 Å². The summed E-state index contributed by atoms with van der Waals surface area (Å²) in [5.41, 5.74) is 0. The van der Waals surface area contributed by atoms with Gasteiger partial charge in [-0.3, -0.25) is 9.69 Å². The third kappa shape index (κ3) is 39.6. The fourth-order valence-corrected chi connectivity index (χ4v) is 5.09. The lowest BCUT2D eigenvalue weighted by Crippen LogP contribution is -2.30. The molecule has 0 aliphatic carbocycles. The van der Waals surface area contributed by atoms with E-state index in [-0.39, 0.29) is 13.2 Å². The van der Waals surface area contributed by atoms with Crippen LogP contribution in [-0.2, 0) is 4.79 Å². The second kappa shape index (κ2) is 37.4. The maximum Gasteiger partial charge on any atom is 0.303 e. The van der Waals surface area contributed by atoms with Crippen LogP contribution in [0.25, 0.3) is 0 Å². The molecule has 0 saturated carbocycles. The maximum absolute atomic E-state index is 10.3. The van der Waals surface area contributed by atoms with Gasteiger partial charge in [0.05, 0.1) is 13.2 Å². The molecule has 5 heteroatoms. The normalized spacial score (nSPS) is 11.1. The van der Waals surface area contributed by atoms with Gasteiger partial charge in [0.1, 0.15) is 0 Å². The summed E-state index contributed by atoms with van der Waals surface area (Å²) in [6.45, 7) is 7.32. The fourth-order valence-electron chi connectivity index (χ4n) is 5.09. The molecule has 0 saturated heterocycles. The SMILES string of the molecule is CCCCCCCCCCCCCCCC(=O)O.CCCCCCCCCCCCCCN(CCO)CCO. The molecule has 0 heterocycles. The van der Waals surface area contributed by atoms with Gasteiger partial charge in [0.25, 0.3) is 0 Å². The lowest BCUT2D eigenvalue weighted by Gasteiger charge is -2.19. The van der Waals surface area contributed by atoms with Gasteiger partial charge in [-0.2, -0.15) is 0 Å². The molecule has 5 nitrogen and oxygen atoms in total. The summed E-state index contributed by atoms with van der Waals surface area (Å²) in [5, 5.41) is 26.4. The van der Waals surface area contributed by atoms with Gasteiger partial charge in [0, 0.05) is 19.5 Å². The van der Waals surface area contributed by atoms with Crippen LogP contribution in [0.2, 0.25) is 0 Å². The Kier molecular flexibility index (Phi) is 38.8. The second-order valence-corrected chi connectivity index (χ2v) is 11.6. The van der Waals surface area contributed by atoms with Crippen LogP contribution in [0.4, 0.5) is 0 Å². The van der Waals surface area contributed by atoms with Crippen LogP contribution in [0.5, 0.6) is 0 Å². The molecule has 0 radical (unpaired) electrons. The average Bonchev–Trinajstić information content (AvgIpc) is 2.92. The molecule has 0 unspecified atom stereocenters. The van der Waals surface area contributed by atoms with Gasteiger partial charge >= 0.3 is 5.97 Å². The molecule has 0 aromatic heterocycles. The van der Waals surface area contributed by atoms with E-state index in [0.717, 1.165) is 19.4 Å². The first-order valence-electron chi connectivity index (χ1n) is 17.3. The van der Waals surface area contributed by atoms with E-state index < -0.39 is 5.97 Å². The highest BCUT2D eigenvalue weighted by atomic mass is 16.4. The molecule has 0 spiro atoms. The Morgan fingerprint density at radius 2 is 0.718 bits per heavy atom. The number of carboxylic acid groups (broad SMARTS) is 1. The van der Waals surface area contributed by atoms with E-state index in [2.05, 4.69) is 18.7 Å². The van der Waals surface area contributed by atoms with Crippen molar-refractivity contribution < 1.29 is 20.1 Å². The number of nitrogens with zero attached hydrogens (tertiary/aromatic N) is 1. The van der Waals surface area contributed by atoms with E-state index in [9.17, 15) is 4.79 Å². The molecule has 0 bridgehead atoms. The Bertz CT molecular complexity index is 441. The van der Waals surface area contributed by atoms with Crippen LogP contribution in [0, 0.1) is 0 Å². The van der Waals surface area contributed by atoms with Gasteiger partial charge in [-0.15, -0.1) is 0 Å². The first kappa shape index (κ1) is 40.5. The lowest BCUT2D eigenvalue weighted by atomic mass is 10.0. The van der Waals surface area contributed by atoms with Crippen molar-refractivity contribution in [2.45, 2.75) is 181 Å². The quantitative estimate of drug-likeness (QED) is 0.0739. The summed E-state index contributed by atoms with van der Waals surface area (Å²) < 4.78 is 0. The largest absolute Gasteiger partial charge is 0.481 e. The van der Waals surface area contributed by atoms with Gasteiger partial charge < -0.3 is 15.3 Å². The van der Waals surface area contributed by atoms with Crippen molar-refractivity contribution in [3.05, 3.63) is 0 Å². The van der Waals surface area contributed by atoms with Crippen LogP contribution in [-0.4, -0.2) is 59.0 Å². The zero-order valence-electron chi connectivity index (χ0n) is 26.6. The van der Waals surface area contributed by atoms with Crippen LogP contribution in [0.1, 0.15) is 181 Å². The molecule has 3 N–H and O–H groups in total. The molecule has 0 aromatic rings. The molecule has 39 heavy (non-hydrogen) atoms. The van der Waals surface area contributed by atoms with Gasteiger partial charge in [0.15, 0.2) is 0 Å². The second-order valence-electron chi connectivity index (χ2n) is 11.6. The minimum atomic E-state index is -0.655. The smallest absolute Gasteiger partial charge is 0.303 e. The highest BCUT2D eigenvalue weighted by molar-refractivity contribution is 5.66. The van der Waals surface area contributed by atoms with E-state index in [0.29, 0.717) is 19.5 Å². The van der Waals surface area contributed by atoms with Crippen molar-refractivity contribution in [2.75, 3.05) is 32.8 Å². The standard InChI is InChI=1S/C18H39NO2.C16H32O2/c1-2-3-4-5-6-7-8-9-10-11-12-13-14-19(15-17-20)16-18-21;1-2-3-4-5-6-7-8-9-10-11-12-13-14-15-16(17)18/h20-21H,2-18H2,1H3;2-15H2,1H3,(H,17,18). The van der Waals surface area contributed by atoms with E-state index in [4.69, 9.17) is 15.3 Å². The lowest BCUT2D eigenvalue weighted by molar-refractivity contribution is -0.137. The Morgan fingerprint density at radius 3 is 1.00 bits per heavy atom. The molecule has 0 aromatic carbocycles. The first-order chi connectivity index (χ1) is 19.1. The predicted molar refractivity (Wildman–Crippen MR) is 170 cm³/mol. The van der Waals surface area contributed by atoms with Crippen LogP contribution < -0.4 is 0 Å². The van der Waals surface area contributed by atoms with Gasteiger partial charge in [0.2, 0.25) is 0 Å². The Hall–Kier alpha value is -0.650. The van der Waals surface area contributed by atoms with Crippen molar-refractivity contribution in [1.82, 2.24) is 4.90 Å². The Labute approximate surface area is 244 Å². The molecular weight excluding hydrogens is 486 g/mol. The monoisotopic (exact) mass is 558 g/mol. The molecule has 0 fully saturated rings. The number of carboxylic acids is 1. The molecule has 0 aliphatic heterocycles. The third-order valence-corrected chi connectivity index (χ3v) is 7.65. The summed E-state index contributed by atoms with van der Waals surface area (Å²) in [6, 6.07) is 0. The van der Waals surface area contributed by atoms with E-state index in [1.807, 2.05) is 0 Å². The first-order valence-corrected chi connectivity index (χ1v) is 17.3. The molecule has 0 rings (SSSR count). The number of rotatable bonds is 31. The van der Waals surface area contributed by atoms with Crippen LogP contribution in [0.3, 0.4) is 0 Å². The van der Waals surface area contributed by atoms with Crippen molar-refractivity contribution >= 4 is 5.97 Å². The molecular formula is C34H71NO4. The average molecular weight is 558 g/mol. The molecule has 0 amide bonds. The minimum absolute atomic E-state index is 0.193. The maximum atomic E-state index is 10.3. The third-order valence-electron chi connectivity index (χ3n) is 7.65. The van der Waals surface area contributed by atoms with Gasteiger partial charge in [-0.05, 0) is 19.4 Å². The number of hydrogen-bond donors (Lipinski definition) is 3. The van der Waals surface area contributed by atoms with E-state index in [1.165, 1.54) is 148 Å². The summed E-state index contributed by atoms with van der Waals surface area (Å²) in [5.74, 6) is -0.655. The highest BCUT2D eigenvalue weighted by Crippen LogP contribution is 2.13. The molecule has 0 atom stereocenters. The fraction of sp³-hybridized carbons (Fsp3) is 0.971. The number of hydrogen-bond acceptors (Lipinski definition) is 4. The van der Waals surface area contributed by atoms with Gasteiger partial charge in [-0.25, -0.2) is 0 Å². The number of aliphatic hydroxyl groups is 2. The zero-order valence-corrected chi connectivity index (χ0v) is 26.6. The Balaban J connectivity index is 0. The number of carbonyl (C=O) groups is 1. The predicted octanol–water partition coefficient (Wildman–Crippen LogP) is 9.53. The van der Waals surface area contributed by atoms with Gasteiger partial charge in [-0.1, -0.05) is 162 Å². The highest BCUT2D eigenvalue weighted by Gasteiger charge is 2.02. The topological polar surface area (TPSA) is 81.0 Å². The minimum Gasteiger partial charge on any atom is -0.481 e. The number of aliphatic hydroxyl groups excluding tert-OH is 2. The van der Waals surface area contributed by atoms with Crippen molar-refractivity contribution in [3.63, 3.8) is 0 Å². The summed E-state index contributed by atoms with van der Waals surface area (Å²) >= 11 is 0. The summed E-state index contributed by atoms with van der Waals surface area (Å²) in [7, 11) is 0. The van der Waals surface area contributed by atoms with Crippen LogP contribution >= 0.6 is 0 Å². The Morgan fingerprint density at radius 1 is 0.436 bits per heavy atom. The van der Waals surface area contributed by atoms with E-state index in [1.54, 1.807) is 0 Å². The van der Waals surface area contributed by atoms with Crippen LogP contribution in [0.15, 0.2) is 0 Å². The summed E-state index contributed by atoms with van der Waals surface area (Å²) in [4.78, 5) is 12.4. The van der Waals surface area contributed by atoms with E-state index >= 15 is 0 Å². The molecule has 236 valence electrons. The zero-order chi connectivity index (χ0) is 29.1. The molecule has 0 aliphatic rings. The van der Waals surface area contributed by atoms with Crippen molar-refractivity contribution in [3.8, 4) is 0 Å². The van der Waals surface area contributed by atoms with Crippen molar-refractivity contribution in [1.29, 1.82) is 0 Å². The number of unbranched alkanes of at least 4 members (excludes halogenated alkanes) is 23.